The van der Waals surface area contributed by atoms with Gasteiger partial charge in [-0.3, -0.25) is 4.79 Å². The molecule has 0 spiro atoms. The van der Waals surface area contributed by atoms with Gasteiger partial charge in [0.05, 0.1) is 12.1 Å². The molecule has 0 unspecified atom stereocenters. The number of amides is 1. The fraction of sp³-hybridized carbons (Fsp3) is 0.462. The van der Waals surface area contributed by atoms with Gasteiger partial charge in [-0.05, 0) is 30.5 Å². The van der Waals surface area contributed by atoms with Crippen molar-refractivity contribution in [3.63, 3.8) is 0 Å². The second-order valence-corrected chi connectivity index (χ2v) is 5.43. The van der Waals surface area contributed by atoms with Crippen molar-refractivity contribution in [1.29, 1.82) is 0 Å². The van der Waals surface area contributed by atoms with Gasteiger partial charge in [-0.1, -0.05) is 28.1 Å². The number of rotatable bonds is 4. The average molecular weight is 313 g/mol. The highest BCUT2D eigenvalue weighted by atomic mass is 79.9. The number of carbonyl (C=O) groups is 1. The normalized spacial score (nSPS) is 23.0. The first-order valence-corrected chi connectivity index (χ1v) is 6.88. The lowest BCUT2D eigenvalue weighted by Gasteiger charge is -2.10. The Labute approximate surface area is 115 Å². The summed E-state index contributed by atoms with van der Waals surface area (Å²) in [5, 5.41) is 15.2. The van der Waals surface area contributed by atoms with E-state index in [1.807, 2.05) is 24.3 Å². The van der Waals surface area contributed by atoms with Crippen LogP contribution in [0.4, 0.5) is 0 Å². The smallest absolute Gasteiger partial charge is 0.237 e. The minimum Gasteiger partial charge on any atom is -0.392 e. The lowest BCUT2D eigenvalue weighted by Crippen LogP contribution is -2.41. The van der Waals surface area contributed by atoms with E-state index >= 15 is 0 Å². The number of aliphatic hydroxyl groups excluding tert-OH is 1. The first-order valence-electron chi connectivity index (χ1n) is 6.09. The van der Waals surface area contributed by atoms with E-state index in [4.69, 9.17) is 0 Å². The number of carbonyl (C=O) groups excluding carboxylic acids is 1. The summed E-state index contributed by atoms with van der Waals surface area (Å²) >= 11 is 3.39. The maximum Gasteiger partial charge on any atom is 0.237 e. The molecule has 1 aromatic carbocycles. The summed E-state index contributed by atoms with van der Waals surface area (Å²) in [7, 11) is 0. The van der Waals surface area contributed by atoms with Crippen LogP contribution in [0.2, 0.25) is 0 Å². The highest BCUT2D eigenvalue weighted by Crippen LogP contribution is 2.10. The minimum atomic E-state index is -0.396. The third kappa shape index (κ3) is 3.80. The Hall–Kier alpha value is -0.910. The molecular weight excluding hydrogens is 296 g/mol. The van der Waals surface area contributed by atoms with Crippen molar-refractivity contribution in [2.24, 2.45) is 0 Å². The van der Waals surface area contributed by atoms with Gasteiger partial charge in [-0.25, -0.2) is 0 Å². The minimum absolute atomic E-state index is 0.0244. The van der Waals surface area contributed by atoms with Crippen LogP contribution in [-0.2, 0) is 11.2 Å². The van der Waals surface area contributed by atoms with Crippen molar-refractivity contribution in [3.05, 3.63) is 34.3 Å². The molecule has 5 heteroatoms. The molecule has 98 valence electrons. The van der Waals surface area contributed by atoms with E-state index < -0.39 is 6.10 Å². The summed E-state index contributed by atoms with van der Waals surface area (Å²) in [6.45, 7) is 1.12. The Morgan fingerprint density at radius 1 is 1.44 bits per heavy atom. The van der Waals surface area contributed by atoms with Gasteiger partial charge in [-0.2, -0.15) is 0 Å². The topological polar surface area (TPSA) is 61.4 Å². The SMILES string of the molecule is O=C(NCCc1ccc(Br)cc1)[C@@H]1C[C@H](O)CN1. The molecule has 2 atom stereocenters. The van der Waals surface area contributed by atoms with E-state index in [2.05, 4.69) is 26.6 Å². The standard InChI is InChI=1S/C13H17BrN2O2/c14-10-3-1-9(2-4-10)5-6-15-13(18)12-7-11(17)8-16-12/h1-4,11-12,16-17H,5-8H2,(H,15,18)/t11-,12-/m0/s1. The Balaban J connectivity index is 1.72. The summed E-state index contributed by atoms with van der Waals surface area (Å²) in [6, 6.07) is 7.81. The molecule has 0 aliphatic carbocycles. The maximum atomic E-state index is 11.7. The highest BCUT2D eigenvalue weighted by Gasteiger charge is 2.27. The molecule has 0 aromatic heterocycles. The maximum absolute atomic E-state index is 11.7. The third-order valence-electron chi connectivity index (χ3n) is 3.05. The van der Waals surface area contributed by atoms with Crippen molar-refractivity contribution in [2.45, 2.75) is 25.0 Å². The zero-order valence-electron chi connectivity index (χ0n) is 10.0. The second kappa shape index (κ2) is 6.31. The van der Waals surface area contributed by atoms with Crippen LogP contribution in [0.1, 0.15) is 12.0 Å². The Morgan fingerprint density at radius 2 is 2.17 bits per heavy atom. The van der Waals surface area contributed by atoms with Crippen molar-refractivity contribution < 1.29 is 9.90 Å². The van der Waals surface area contributed by atoms with Gasteiger partial charge >= 0.3 is 0 Å². The van der Waals surface area contributed by atoms with E-state index in [0.29, 0.717) is 19.5 Å². The van der Waals surface area contributed by atoms with Crippen molar-refractivity contribution in [3.8, 4) is 0 Å². The van der Waals surface area contributed by atoms with Crippen LogP contribution in [0.3, 0.4) is 0 Å². The number of aliphatic hydroxyl groups is 1. The first kappa shape index (κ1) is 13.5. The van der Waals surface area contributed by atoms with E-state index in [-0.39, 0.29) is 11.9 Å². The molecule has 1 heterocycles. The third-order valence-corrected chi connectivity index (χ3v) is 3.58. The highest BCUT2D eigenvalue weighted by molar-refractivity contribution is 9.10. The Bertz CT molecular complexity index is 408. The molecule has 0 bridgehead atoms. The van der Waals surface area contributed by atoms with Gasteiger partial charge in [0, 0.05) is 17.6 Å². The van der Waals surface area contributed by atoms with E-state index in [1.54, 1.807) is 0 Å². The quantitative estimate of drug-likeness (QED) is 0.772. The lowest BCUT2D eigenvalue weighted by atomic mass is 10.1. The second-order valence-electron chi connectivity index (χ2n) is 4.52. The van der Waals surface area contributed by atoms with Crippen LogP contribution in [0, 0.1) is 0 Å². The number of hydrogen-bond acceptors (Lipinski definition) is 3. The summed E-state index contributed by atoms with van der Waals surface area (Å²) in [6.07, 6.45) is 0.922. The molecule has 18 heavy (non-hydrogen) atoms. The summed E-state index contributed by atoms with van der Waals surface area (Å²) in [5.41, 5.74) is 1.19. The molecule has 4 nitrogen and oxygen atoms in total. The fourth-order valence-electron chi connectivity index (χ4n) is 2.02. The first-order chi connectivity index (χ1) is 8.65. The van der Waals surface area contributed by atoms with Crippen molar-refractivity contribution >= 4 is 21.8 Å². The van der Waals surface area contributed by atoms with E-state index in [9.17, 15) is 9.90 Å². The van der Waals surface area contributed by atoms with Gasteiger partial charge in [-0.15, -0.1) is 0 Å². The monoisotopic (exact) mass is 312 g/mol. The fourth-order valence-corrected chi connectivity index (χ4v) is 2.29. The van der Waals surface area contributed by atoms with Crippen LogP contribution in [-0.4, -0.2) is 36.2 Å². The van der Waals surface area contributed by atoms with Gasteiger partial charge in [0.15, 0.2) is 0 Å². The number of nitrogens with one attached hydrogen (secondary N) is 2. The molecule has 1 amide bonds. The zero-order chi connectivity index (χ0) is 13.0. The molecule has 2 rings (SSSR count). The van der Waals surface area contributed by atoms with E-state index in [1.165, 1.54) is 5.56 Å². The Morgan fingerprint density at radius 3 is 2.78 bits per heavy atom. The van der Waals surface area contributed by atoms with Gasteiger partial charge < -0.3 is 15.7 Å². The van der Waals surface area contributed by atoms with Crippen LogP contribution < -0.4 is 10.6 Å². The summed E-state index contributed by atoms with van der Waals surface area (Å²) in [5.74, 6) is -0.0244. The number of benzene rings is 1. The zero-order valence-corrected chi connectivity index (χ0v) is 11.6. The van der Waals surface area contributed by atoms with Crippen LogP contribution in [0.5, 0.6) is 0 Å². The van der Waals surface area contributed by atoms with Crippen molar-refractivity contribution in [2.75, 3.05) is 13.1 Å². The van der Waals surface area contributed by atoms with Gasteiger partial charge in [0.1, 0.15) is 0 Å². The summed E-state index contributed by atoms with van der Waals surface area (Å²) in [4.78, 5) is 11.7. The predicted octanol–water partition coefficient (Wildman–Crippen LogP) is 0.831. The average Bonchev–Trinajstić information content (AvgIpc) is 2.78. The Kier molecular flexibility index (Phi) is 4.74. The predicted molar refractivity (Wildman–Crippen MR) is 73.3 cm³/mol. The molecule has 0 saturated carbocycles. The summed E-state index contributed by atoms with van der Waals surface area (Å²) < 4.78 is 1.06. The van der Waals surface area contributed by atoms with Gasteiger partial charge in [0.25, 0.3) is 0 Å². The molecule has 1 saturated heterocycles. The molecule has 0 radical (unpaired) electrons. The van der Waals surface area contributed by atoms with E-state index in [0.717, 1.165) is 10.9 Å². The van der Waals surface area contributed by atoms with Crippen molar-refractivity contribution in [1.82, 2.24) is 10.6 Å². The van der Waals surface area contributed by atoms with Gasteiger partial charge in [0.2, 0.25) is 5.91 Å². The lowest BCUT2D eigenvalue weighted by molar-refractivity contribution is -0.122. The number of halogens is 1. The molecule has 1 aromatic rings. The molecular formula is C13H17BrN2O2. The largest absolute Gasteiger partial charge is 0.392 e. The van der Waals surface area contributed by atoms with Crippen LogP contribution in [0.15, 0.2) is 28.7 Å². The molecule has 3 N–H and O–H groups in total. The molecule has 1 aliphatic heterocycles. The molecule has 1 fully saturated rings. The number of β-amino-alcohol motifs (C(OH)–C–C–N with tert-alkyl or cyclic N) is 1. The molecule has 1 aliphatic rings. The van der Waals surface area contributed by atoms with Crippen LogP contribution >= 0.6 is 15.9 Å². The number of hydrogen-bond donors (Lipinski definition) is 3. The van der Waals surface area contributed by atoms with Crippen LogP contribution in [0.25, 0.3) is 0 Å².